The number of aromatic nitrogens is 4. The second-order valence-electron chi connectivity index (χ2n) is 29.5. The maximum atomic E-state index is 13.3. The third-order valence-electron chi connectivity index (χ3n) is 22.1. The summed E-state index contributed by atoms with van der Waals surface area (Å²) in [5, 5.41) is 29.0. The number of rotatable bonds is 19. The highest BCUT2D eigenvalue weighted by Gasteiger charge is 2.32. The largest absolute Gasteiger partial charge is 0.477 e. The summed E-state index contributed by atoms with van der Waals surface area (Å²) in [5.74, 6) is -0.633. The number of likely N-dealkylation sites (tertiary alicyclic amines) is 1. The highest BCUT2D eigenvalue weighted by molar-refractivity contribution is 6.04. The molecule has 6 atom stereocenters. The maximum absolute atomic E-state index is 13.3. The minimum atomic E-state index is -0.970. The Morgan fingerprint density at radius 1 is 0.414 bits per heavy atom. The average molecular weight is 1500 g/mol. The number of nitrogens with zero attached hydrogens (tertiary/aromatic N) is 1. The molecule has 14 N–H and O–H groups in total. The first-order valence-corrected chi connectivity index (χ1v) is 37.9. The SMILES string of the molecule is CC[C@H]1C[C@@H](CNC(=O)c2[nH]c3ccc(-c4ccc(F)cc4)cc3c2C)N(Cc2ccccc2)C1.Cc1c(C(=O)NC[C@@H]2C[C@H](CN)CN2)[nH]c2ccc(-c3ccc(F)cc3)cc12.Cc1c(C(=O)NC[C@@H]2C[C@H](CN)CN2)[nH]c2ccc(-c3ccc(F)cc3)cc12.Cc1c(C(=O)O)[nH]c2ccc(-c3ccc(F)cc3)cc12. The molecule has 17 nitrogen and oxygen atoms in total. The fraction of sp³-hybridized carbons (Fsp3) is 0.267. The van der Waals surface area contributed by atoms with Crippen LogP contribution in [0.3, 0.4) is 0 Å². The molecule has 0 bridgehead atoms. The van der Waals surface area contributed by atoms with Gasteiger partial charge in [-0.05, 0) is 260 Å². The van der Waals surface area contributed by atoms with Crippen LogP contribution in [0.15, 0.2) is 200 Å². The molecule has 111 heavy (non-hydrogen) atoms. The number of aromatic carboxylic acids is 1. The molecular formula is C90H94F4N12O5. The molecule has 9 aromatic carbocycles. The number of aromatic amines is 4. The van der Waals surface area contributed by atoms with Crippen LogP contribution < -0.4 is 38.1 Å². The lowest BCUT2D eigenvalue weighted by Gasteiger charge is -2.24. The zero-order chi connectivity index (χ0) is 78.0. The number of halogens is 4. The van der Waals surface area contributed by atoms with Gasteiger partial charge in [0.05, 0.1) is 0 Å². The van der Waals surface area contributed by atoms with E-state index in [9.17, 15) is 36.7 Å². The smallest absolute Gasteiger partial charge is 0.352 e. The molecule has 3 fully saturated rings. The highest BCUT2D eigenvalue weighted by Crippen LogP contribution is 2.35. The third kappa shape index (κ3) is 18.4. The molecule has 0 unspecified atom stereocenters. The van der Waals surface area contributed by atoms with Crippen molar-refractivity contribution in [2.45, 2.75) is 85.0 Å². The summed E-state index contributed by atoms with van der Waals surface area (Å²) in [5.41, 5.74) is 29.4. The fourth-order valence-corrected chi connectivity index (χ4v) is 15.5. The van der Waals surface area contributed by atoms with E-state index in [1.807, 2.05) is 93.6 Å². The second kappa shape index (κ2) is 35.1. The number of carbonyl (C=O) groups is 4. The van der Waals surface area contributed by atoms with Gasteiger partial charge in [0.2, 0.25) is 0 Å². The van der Waals surface area contributed by atoms with Crippen LogP contribution in [-0.4, -0.2) is 124 Å². The summed E-state index contributed by atoms with van der Waals surface area (Å²) >= 11 is 0. The molecule has 0 aliphatic carbocycles. The molecule has 3 aliphatic rings. The first-order valence-electron chi connectivity index (χ1n) is 37.9. The molecule has 3 amide bonds. The number of fused-ring (bicyclic) bond motifs is 4. The standard InChI is InChI=1S/C30H32FN3O.2C22H25FN4O.C16H12FNO2/c1-3-21-15-26(34(18-21)19-22-7-5-4-6-8-22)17-32-30(35)29-20(2)27-16-24(11-14-28(27)33-29)23-9-12-25(31)13-10-23;2*1-13-19-9-16(15-2-5-17(23)6-3-15)4-7-20(19)27-21(13)22(28)26-12-18-8-14(10-24)11-25-18;1-9-13-8-11(10-2-5-12(17)6-3-10)4-7-14(13)18-15(9)16(19)20/h4-14,16,21,26,33H,3,15,17-19H2,1-2H3,(H,32,35);2*2-7,9,14,18,25,27H,8,10-12,24H2,1H3,(H,26,28);2-8,18H,1H3,(H,19,20)/t21-,26-;2*14-,18+;/m011./s1. The normalized spacial score (nSPS) is 17.4. The molecular weight excluding hydrogens is 1410 g/mol. The number of nitrogens with two attached hydrogens (primary N) is 2. The molecule has 3 saturated heterocycles. The van der Waals surface area contributed by atoms with E-state index in [0.29, 0.717) is 79.2 Å². The van der Waals surface area contributed by atoms with E-state index in [0.717, 1.165) is 157 Å². The van der Waals surface area contributed by atoms with Gasteiger partial charge in [-0.15, -0.1) is 0 Å². The number of nitrogens with one attached hydrogen (secondary N) is 9. The van der Waals surface area contributed by atoms with Crippen LogP contribution in [0.4, 0.5) is 17.6 Å². The van der Waals surface area contributed by atoms with Gasteiger partial charge in [-0.3, -0.25) is 19.3 Å². The summed E-state index contributed by atoms with van der Waals surface area (Å²) in [6.45, 7) is 16.9. The molecule has 0 saturated carbocycles. The van der Waals surface area contributed by atoms with E-state index in [-0.39, 0.29) is 58.8 Å². The van der Waals surface area contributed by atoms with E-state index in [1.54, 1.807) is 55.5 Å². The molecule has 3 aliphatic heterocycles. The molecule has 0 spiro atoms. The summed E-state index contributed by atoms with van der Waals surface area (Å²) in [6, 6.07) is 60.6. The van der Waals surface area contributed by atoms with Gasteiger partial charge in [-0.2, -0.15) is 0 Å². The number of carboxylic acid groups (broad SMARTS) is 1. The van der Waals surface area contributed by atoms with Gasteiger partial charge >= 0.3 is 5.97 Å². The van der Waals surface area contributed by atoms with Crippen LogP contribution in [0, 0.1) is 68.7 Å². The van der Waals surface area contributed by atoms with Crippen molar-refractivity contribution < 1.29 is 41.8 Å². The van der Waals surface area contributed by atoms with Crippen molar-refractivity contribution in [3.8, 4) is 44.5 Å². The van der Waals surface area contributed by atoms with E-state index in [4.69, 9.17) is 16.6 Å². The lowest BCUT2D eigenvalue weighted by molar-refractivity contribution is 0.0689. The van der Waals surface area contributed by atoms with Crippen LogP contribution in [0.1, 0.15) is 102 Å². The Morgan fingerprint density at radius 2 is 0.730 bits per heavy atom. The van der Waals surface area contributed by atoms with Crippen LogP contribution in [0.5, 0.6) is 0 Å². The third-order valence-corrected chi connectivity index (χ3v) is 22.1. The monoisotopic (exact) mass is 1500 g/mol. The first-order chi connectivity index (χ1) is 53.7. The van der Waals surface area contributed by atoms with Gasteiger partial charge in [-0.1, -0.05) is 116 Å². The molecule has 16 rings (SSSR count). The molecule has 7 heterocycles. The fourth-order valence-electron chi connectivity index (χ4n) is 15.5. The number of benzene rings is 9. The van der Waals surface area contributed by atoms with Crippen LogP contribution in [0.25, 0.3) is 88.1 Å². The summed E-state index contributed by atoms with van der Waals surface area (Å²) < 4.78 is 52.6. The number of aryl methyl sites for hydroxylation is 4. The molecule has 21 heteroatoms. The Bertz CT molecular complexity index is 5280. The van der Waals surface area contributed by atoms with Gasteiger partial charge in [0.25, 0.3) is 17.7 Å². The van der Waals surface area contributed by atoms with Crippen molar-refractivity contribution in [2.24, 2.45) is 29.2 Å². The molecule has 0 radical (unpaired) electrons. The lowest BCUT2D eigenvalue weighted by Crippen LogP contribution is -2.40. The van der Waals surface area contributed by atoms with Crippen LogP contribution >= 0.6 is 0 Å². The zero-order valence-electron chi connectivity index (χ0n) is 62.9. The molecule has 13 aromatic rings. The van der Waals surface area contributed by atoms with Crippen molar-refractivity contribution in [2.75, 3.05) is 52.4 Å². The summed E-state index contributed by atoms with van der Waals surface area (Å²) in [7, 11) is 0. The first kappa shape index (κ1) is 77.7. The van der Waals surface area contributed by atoms with E-state index >= 15 is 0 Å². The van der Waals surface area contributed by atoms with Crippen molar-refractivity contribution >= 4 is 67.3 Å². The van der Waals surface area contributed by atoms with E-state index < -0.39 is 5.97 Å². The Kier molecular flexibility index (Phi) is 24.5. The summed E-state index contributed by atoms with van der Waals surface area (Å²) in [6.07, 6.45) is 4.25. The number of carboxylic acids is 1. The van der Waals surface area contributed by atoms with Crippen molar-refractivity contribution in [3.63, 3.8) is 0 Å². The molecule has 572 valence electrons. The van der Waals surface area contributed by atoms with Gasteiger partial charge in [0.15, 0.2) is 0 Å². The Hall–Kier alpha value is -11.5. The van der Waals surface area contributed by atoms with Gasteiger partial charge in [0.1, 0.15) is 46.0 Å². The number of hydrogen-bond donors (Lipinski definition) is 12. The van der Waals surface area contributed by atoms with E-state index in [1.165, 1.54) is 54.1 Å². The van der Waals surface area contributed by atoms with Crippen LogP contribution in [-0.2, 0) is 6.54 Å². The number of H-pyrrole nitrogens is 4. The summed E-state index contributed by atoms with van der Waals surface area (Å²) in [4.78, 5) is 64.9. The molecule has 4 aromatic heterocycles. The minimum absolute atomic E-state index is 0.0679. The van der Waals surface area contributed by atoms with Gasteiger partial charge in [0, 0.05) is 94.5 Å². The van der Waals surface area contributed by atoms with E-state index in [2.05, 4.69) is 88.7 Å². The minimum Gasteiger partial charge on any atom is -0.477 e. The highest BCUT2D eigenvalue weighted by atomic mass is 19.1. The predicted molar refractivity (Wildman–Crippen MR) is 435 cm³/mol. The second-order valence-corrected chi connectivity index (χ2v) is 29.5. The van der Waals surface area contributed by atoms with Gasteiger partial charge < -0.3 is 63.1 Å². The number of amides is 3. The van der Waals surface area contributed by atoms with Crippen molar-refractivity contribution in [3.05, 3.63) is 274 Å². The van der Waals surface area contributed by atoms with Crippen molar-refractivity contribution in [1.29, 1.82) is 0 Å². The topological polar surface area (TPSA) is 267 Å². The Morgan fingerprint density at radius 3 is 1.05 bits per heavy atom. The van der Waals surface area contributed by atoms with Gasteiger partial charge in [-0.25, -0.2) is 22.4 Å². The Balaban J connectivity index is 0.000000132. The maximum Gasteiger partial charge on any atom is 0.352 e. The lowest BCUT2D eigenvalue weighted by atomic mass is 10.0. The van der Waals surface area contributed by atoms with Crippen molar-refractivity contribution in [1.82, 2.24) is 51.4 Å². The predicted octanol–water partition coefficient (Wildman–Crippen LogP) is 16.2. The average Bonchev–Trinajstić information content (AvgIpc) is 1.67. The Labute approximate surface area is 642 Å². The van der Waals surface area contributed by atoms with Crippen LogP contribution in [0.2, 0.25) is 0 Å². The quantitative estimate of drug-likeness (QED) is 0.0341. The zero-order valence-corrected chi connectivity index (χ0v) is 62.9. The number of hydrogen-bond acceptors (Lipinski definition) is 9. The number of carbonyl (C=O) groups excluding carboxylic acids is 3.